The van der Waals surface area contributed by atoms with Gasteiger partial charge in [0.15, 0.2) is 5.69 Å². The lowest BCUT2D eigenvalue weighted by molar-refractivity contribution is 0.0740. The van der Waals surface area contributed by atoms with Crippen molar-refractivity contribution in [3.05, 3.63) is 64.1 Å². The van der Waals surface area contributed by atoms with Crippen LogP contribution in [0.1, 0.15) is 34.9 Å². The predicted octanol–water partition coefficient (Wildman–Crippen LogP) is 2.31. The fourth-order valence-corrected chi connectivity index (χ4v) is 4.12. The predicted molar refractivity (Wildman–Crippen MR) is 111 cm³/mol. The largest absolute Gasteiger partial charge is 0.366 e. The van der Waals surface area contributed by atoms with Gasteiger partial charge < -0.3 is 9.80 Å². The van der Waals surface area contributed by atoms with E-state index in [2.05, 4.69) is 15.0 Å². The molecule has 1 aliphatic heterocycles. The number of fused-ring (bicyclic) bond motifs is 1. The van der Waals surface area contributed by atoms with E-state index >= 15 is 0 Å². The Balaban J connectivity index is 1.39. The molecule has 2 aromatic heterocycles. The first-order valence-corrected chi connectivity index (χ1v) is 10.2. The van der Waals surface area contributed by atoms with E-state index in [9.17, 15) is 14.0 Å². The van der Waals surface area contributed by atoms with Crippen molar-refractivity contribution in [3.8, 4) is 0 Å². The zero-order chi connectivity index (χ0) is 20.8. The Hall–Kier alpha value is -3.29. The molecule has 1 saturated heterocycles. The van der Waals surface area contributed by atoms with Gasteiger partial charge in [0, 0.05) is 50.6 Å². The monoisotopic (exact) mass is 407 g/mol. The molecule has 154 valence electrons. The number of amides is 1. The zero-order valence-electron chi connectivity index (χ0n) is 16.7. The van der Waals surface area contributed by atoms with E-state index in [0.29, 0.717) is 42.9 Å². The summed E-state index contributed by atoms with van der Waals surface area (Å²) in [5.41, 5.74) is 1.86. The summed E-state index contributed by atoms with van der Waals surface area (Å²) in [5.74, 6) is -0.114. The van der Waals surface area contributed by atoms with Crippen LogP contribution in [0, 0.1) is 5.82 Å². The van der Waals surface area contributed by atoms with E-state index in [4.69, 9.17) is 0 Å². The van der Waals surface area contributed by atoms with Crippen LogP contribution >= 0.6 is 0 Å². The molecule has 0 atom stereocenters. The Bertz CT molecular complexity index is 1200. The molecule has 5 rings (SSSR count). The topological polar surface area (TPSA) is 71.3 Å². The third-order valence-electron chi connectivity index (χ3n) is 5.89. The second kappa shape index (κ2) is 7.19. The molecule has 3 heterocycles. The van der Waals surface area contributed by atoms with Gasteiger partial charge in [0.05, 0.1) is 23.0 Å². The SMILES string of the molecule is Cn1nc(C(=O)N2CCN(c3cc(F)cnc3C3CC3)CC2)c2ccccc2c1=O. The standard InChI is InChI=1S/C22H22FN5O2/c1-26-21(29)17-5-3-2-4-16(17)20(25-26)22(30)28-10-8-27(9-11-28)18-12-15(23)13-24-19(18)14-6-7-14/h2-5,12-14H,6-11H2,1H3. The van der Waals surface area contributed by atoms with Crippen LogP contribution in [0.2, 0.25) is 0 Å². The molecule has 0 bridgehead atoms. The van der Waals surface area contributed by atoms with E-state index in [1.165, 1.54) is 10.9 Å². The Labute approximate surface area is 172 Å². The number of aryl methyl sites for hydroxylation is 1. The maximum atomic E-state index is 13.8. The highest BCUT2D eigenvalue weighted by atomic mass is 19.1. The average molecular weight is 407 g/mol. The molecule has 2 fully saturated rings. The summed E-state index contributed by atoms with van der Waals surface area (Å²) in [4.78, 5) is 33.7. The maximum Gasteiger partial charge on any atom is 0.275 e. The highest BCUT2D eigenvalue weighted by Gasteiger charge is 2.32. The van der Waals surface area contributed by atoms with Gasteiger partial charge in [-0.15, -0.1) is 0 Å². The van der Waals surface area contributed by atoms with Crippen LogP contribution in [0.25, 0.3) is 10.8 Å². The fourth-order valence-electron chi connectivity index (χ4n) is 4.12. The molecule has 0 spiro atoms. The van der Waals surface area contributed by atoms with Crippen molar-refractivity contribution in [2.75, 3.05) is 31.1 Å². The smallest absolute Gasteiger partial charge is 0.275 e. The molecule has 1 aromatic carbocycles. The van der Waals surface area contributed by atoms with Crippen molar-refractivity contribution in [1.82, 2.24) is 19.7 Å². The average Bonchev–Trinajstić information content (AvgIpc) is 3.61. The third kappa shape index (κ3) is 3.22. The number of benzene rings is 1. The van der Waals surface area contributed by atoms with Gasteiger partial charge in [0.25, 0.3) is 11.5 Å². The number of hydrogen-bond donors (Lipinski definition) is 0. The fraction of sp³-hybridized carbons (Fsp3) is 0.364. The first-order valence-electron chi connectivity index (χ1n) is 10.2. The molecule has 8 heteroatoms. The molecule has 2 aliphatic rings. The highest BCUT2D eigenvalue weighted by molar-refractivity contribution is 6.04. The lowest BCUT2D eigenvalue weighted by Gasteiger charge is -2.36. The summed E-state index contributed by atoms with van der Waals surface area (Å²) < 4.78 is 15.1. The van der Waals surface area contributed by atoms with E-state index in [1.807, 2.05) is 0 Å². The quantitative estimate of drug-likeness (QED) is 0.666. The number of hydrogen-bond acceptors (Lipinski definition) is 5. The molecule has 1 amide bonds. The van der Waals surface area contributed by atoms with Gasteiger partial charge >= 0.3 is 0 Å². The highest BCUT2D eigenvalue weighted by Crippen LogP contribution is 2.43. The molecule has 7 nitrogen and oxygen atoms in total. The van der Waals surface area contributed by atoms with E-state index in [0.717, 1.165) is 24.2 Å². The number of rotatable bonds is 3. The number of carbonyl (C=O) groups is 1. The van der Waals surface area contributed by atoms with Crippen molar-refractivity contribution in [2.24, 2.45) is 7.05 Å². The number of halogens is 1. The first kappa shape index (κ1) is 18.7. The summed E-state index contributed by atoms with van der Waals surface area (Å²) in [6, 6.07) is 8.61. The minimum atomic E-state index is -0.339. The summed E-state index contributed by atoms with van der Waals surface area (Å²) in [6.07, 6.45) is 3.47. The number of aromatic nitrogens is 3. The van der Waals surface area contributed by atoms with Crippen molar-refractivity contribution in [1.29, 1.82) is 0 Å². The number of pyridine rings is 1. The van der Waals surface area contributed by atoms with Gasteiger partial charge in [-0.2, -0.15) is 5.10 Å². The number of piperazine rings is 1. The van der Waals surface area contributed by atoms with Gasteiger partial charge in [-0.3, -0.25) is 14.6 Å². The van der Waals surface area contributed by atoms with Crippen molar-refractivity contribution in [2.45, 2.75) is 18.8 Å². The zero-order valence-corrected chi connectivity index (χ0v) is 16.7. The maximum absolute atomic E-state index is 13.8. The Kier molecular flexibility index (Phi) is 4.49. The Morgan fingerprint density at radius 2 is 1.80 bits per heavy atom. The van der Waals surface area contributed by atoms with Gasteiger partial charge in [0.2, 0.25) is 0 Å². The first-order chi connectivity index (χ1) is 14.5. The van der Waals surface area contributed by atoms with Gasteiger partial charge in [-0.25, -0.2) is 9.07 Å². The lowest BCUT2D eigenvalue weighted by atomic mass is 10.1. The minimum Gasteiger partial charge on any atom is -0.366 e. The molecule has 30 heavy (non-hydrogen) atoms. The van der Waals surface area contributed by atoms with Crippen LogP contribution in [-0.2, 0) is 7.05 Å². The summed E-state index contributed by atoms with van der Waals surface area (Å²) in [5, 5.41) is 5.30. The van der Waals surface area contributed by atoms with Crippen LogP contribution < -0.4 is 10.5 Å². The lowest BCUT2D eigenvalue weighted by Crippen LogP contribution is -2.49. The van der Waals surface area contributed by atoms with Crippen LogP contribution in [-0.4, -0.2) is 51.8 Å². The van der Waals surface area contributed by atoms with Crippen LogP contribution in [0.5, 0.6) is 0 Å². The van der Waals surface area contributed by atoms with Crippen LogP contribution in [0.15, 0.2) is 41.3 Å². The van der Waals surface area contributed by atoms with Crippen LogP contribution in [0.4, 0.5) is 10.1 Å². The number of nitrogens with zero attached hydrogens (tertiary/aromatic N) is 5. The van der Waals surface area contributed by atoms with E-state index in [-0.39, 0.29) is 23.0 Å². The van der Waals surface area contributed by atoms with Gasteiger partial charge in [-0.1, -0.05) is 18.2 Å². The molecular formula is C22H22FN5O2. The summed E-state index contributed by atoms with van der Waals surface area (Å²) in [7, 11) is 1.56. The molecule has 0 radical (unpaired) electrons. The molecule has 1 aliphatic carbocycles. The van der Waals surface area contributed by atoms with Crippen molar-refractivity contribution >= 4 is 22.4 Å². The number of anilines is 1. The Morgan fingerprint density at radius 1 is 1.10 bits per heavy atom. The van der Waals surface area contributed by atoms with Crippen LogP contribution in [0.3, 0.4) is 0 Å². The van der Waals surface area contributed by atoms with Gasteiger partial charge in [-0.05, 0) is 18.9 Å². The summed E-state index contributed by atoms with van der Waals surface area (Å²) >= 11 is 0. The Morgan fingerprint density at radius 3 is 2.50 bits per heavy atom. The molecule has 1 saturated carbocycles. The van der Waals surface area contributed by atoms with Gasteiger partial charge in [0.1, 0.15) is 5.82 Å². The second-order valence-corrected chi connectivity index (χ2v) is 7.93. The summed E-state index contributed by atoms with van der Waals surface area (Å²) in [6.45, 7) is 2.19. The molecule has 3 aromatic rings. The minimum absolute atomic E-state index is 0.193. The third-order valence-corrected chi connectivity index (χ3v) is 5.89. The molecule has 0 unspecified atom stereocenters. The second-order valence-electron chi connectivity index (χ2n) is 7.93. The molecule has 0 N–H and O–H groups in total. The van der Waals surface area contributed by atoms with Crippen molar-refractivity contribution in [3.63, 3.8) is 0 Å². The van der Waals surface area contributed by atoms with E-state index in [1.54, 1.807) is 42.3 Å². The number of carbonyl (C=O) groups excluding carboxylic acids is 1. The normalized spacial score (nSPS) is 16.9. The van der Waals surface area contributed by atoms with E-state index < -0.39 is 0 Å². The molecular weight excluding hydrogens is 385 g/mol. The van der Waals surface area contributed by atoms with Crippen molar-refractivity contribution < 1.29 is 9.18 Å².